The van der Waals surface area contributed by atoms with E-state index in [0.29, 0.717) is 11.4 Å². The molecule has 0 saturated carbocycles. The van der Waals surface area contributed by atoms with Gasteiger partial charge in [-0.1, -0.05) is 30.3 Å². The van der Waals surface area contributed by atoms with Crippen LogP contribution in [0.2, 0.25) is 0 Å². The molecule has 1 aromatic heterocycles. The summed E-state index contributed by atoms with van der Waals surface area (Å²) < 4.78 is 5.76. The van der Waals surface area contributed by atoms with Gasteiger partial charge in [0.1, 0.15) is 11.9 Å². The summed E-state index contributed by atoms with van der Waals surface area (Å²) in [5, 5.41) is 8.89. The molecule has 2 aromatic rings. The van der Waals surface area contributed by atoms with Gasteiger partial charge in [0.15, 0.2) is 0 Å². The van der Waals surface area contributed by atoms with Gasteiger partial charge in [-0.3, -0.25) is 4.98 Å². The fourth-order valence-electron chi connectivity index (χ4n) is 1.57. The molecule has 0 aliphatic rings. The molecule has 0 saturated heterocycles. The fraction of sp³-hybridized carbons (Fsp3) is 0.214. The molecule has 1 N–H and O–H groups in total. The molecule has 1 unspecified atom stereocenters. The highest BCUT2D eigenvalue weighted by Gasteiger charge is 2.06. The minimum Gasteiger partial charge on any atom is -0.484 e. The van der Waals surface area contributed by atoms with Crippen molar-refractivity contribution in [3.63, 3.8) is 0 Å². The van der Waals surface area contributed by atoms with Crippen molar-refractivity contribution in [1.29, 1.82) is 0 Å². The van der Waals surface area contributed by atoms with Gasteiger partial charge in [-0.2, -0.15) is 0 Å². The van der Waals surface area contributed by atoms with E-state index in [-0.39, 0.29) is 12.7 Å². The monoisotopic (exact) mass is 229 g/mol. The third-order valence-electron chi connectivity index (χ3n) is 2.54. The fourth-order valence-corrected chi connectivity index (χ4v) is 1.57. The quantitative estimate of drug-likeness (QED) is 0.876. The van der Waals surface area contributed by atoms with Crippen molar-refractivity contribution in [2.45, 2.75) is 19.6 Å². The number of hydrogen-bond donors (Lipinski definition) is 1. The van der Waals surface area contributed by atoms with E-state index < -0.39 is 0 Å². The number of aromatic nitrogens is 1. The Labute approximate surface area is 101 Å². The molecule has 0 radical (unpaired) electrons. The standard InChI is InChI=1S/C14H15NO2/c1-11(12-5-3-2-4-6-12)17-14-8-7-13(10-16)15-9-14/h2-9,11,16H,10H2,1H3. The van der Waals surface area contributed by atoms with Gasteiger partial charge in [0.25, 0.3) is 0 Å². The number of hydrogen-bond acceptors (Lipinski definition) is 3. The van der Waals surface area contributed by atoms with Crippen molar-refractivity contribution in [3.8, 4) is 5.75 Å². The molecule has 0 amide bonds. The highest BCUT2D eigenvalue weighted by molar-refractivity contribution is 5.23. The lowest BCUT2D eigenvalue weighted by Gasteiger charge is -2.14. The predicted octanol–water partition coefficient (Wildman–Crippen LogP) is 2.71. The lowest BCUT2D eigenvalue weighted by Crippen LogP contribution is -2.03. The van der Waals surface area contributed by atoms with Crippen molar-refractivity contribution in [1.82, 2.24) is 4.98 Å². The van der Waals surface area contributed by atoms with E-state index in [1.165, 1.54) is 0 Å². The van der Waals surface area contributed by atoms with Gasteiger partial charge in [0.2, 0.25) is 0 Å². The Bertz CT molecular complexity index is 453. The summed E-state index contributed by atoms with van der Waals surface area (Å²) in [5.41, 5.74) is 1.77. The molecule has 1 aromatic carbocycles. The summed E-state index contributed by atoms with van der Waals surface area (Å²) in [6.07, 6.45) is 1.61. The Morgan fingerprint density at radius 2 is 1.94 bits per heavy atom. The van der Waals surface area contributed by atoms with Crippen LogP contribution in [-0.4, -0.2) is 10.1 Å². The first kappa shape index (κ1) is 11.6. The largest absolute Gasteiger partial charge is 0.484 e. The molecule has 1 heterocycles. The first-order valence-corrected chi connectivity index (χ1v) is 5.57. The zero-order chi connectivity index (χ0) is 12.1. The number of aliphatic hydroxyl groups is 1. The zero-order valence-corrected chi connectivity index (χ0v) is 9.71. The lowest BCUT2D eigenvalue weighted by atomic mass is 10.1. The van der Waals surface area contributed by atoms with E-state index in [1.54, 1.807) is 12.3 Å². The zero-order valence-electron chi connectivity index (χ0n) is 9.71. The molecule has 0 bridgehead atoms. The van der Waals surface area contributed by atoms with Crippen molar-refractivity contribution >= 4 is 0 Å². The van der Waals surface area contributed by atoms with Gasteiger partial charge in [0.05, 0.1) is 18.5 Å². The predicted molar refractivity (Wildman–Crippen MR) is 65.6 cm³/mol. The van der Waals surface area contributed by atoms with E-state index in [2.05, 4.69) is 4.98 Å². The number of pyridine rings is 1. The lowest BCUT2D eigenvalue weighted by molar-refractivity contribution is 0.225. The highest BCUT2D eigenvalue weighted by Crippen LogP contribution is 2.20. The maximum Gasteiger partial charge on any atom is 0.138 e. The van der Waals surface area contributed by atoms with Gasteiger partial charge in [-0.05, 0) is 24.6 Å². The van der Waals surface area contributed by atoms with Crippen LogP contribution in [0.4, 0.5) is 0 Å². The van der Waals surface area contributed by atoms with E-state index in [9.17, 15) is 0 Å². The molecule has 17 heavy (non-hydrogen) atoms. The first-order chi connectivity index (χ1) is 8.29. The smallest absolute Gasteiger partial charge is 0.138 e. The third-order valence-corrected chi connectivity index (χ3v) is 2.54. The molecule has 2 rings (SSSR count). The Morgan fingerprint density at radius 3 is 2.53 bits per heavy atom. The maximum atomic E-state index is 8.89. The number of aliphatic hydroxyl groups excluding tert-OH is 1. The SMILES string of the molecule is CC(Oc1ccc(CO)nc1)c1ccccc1. The van der Waals surface area contributed by atoms with Gasteiger partial charge in [-0.15, -0.1) is 0 Å². The average Bonchev–Trinajstić information content (AvgIpc) is 2.40. The topological polar surface area (TPSA) is 42.4 Å². The van der Waals surface area contributed by atoms with Gasteiger partial charge in [-0.25, -0.2) is 0 Å². The van der Waals surface area contributed by atoms with Crippen LogP contribution in [0.25, 0.3) is 0 Å². The number of rotatable bonds is 4. The van der Waals surface area contributed by atoms with Crippen molar-refractivity contribution in [2.24, 2.45) is 0 Å². The minimum atomic E-state index is -0.0471. The summed E-state index contributed by atoms with van der Waals surface area (Å²) in [6, 6.07) is 13.6. The van der Waals surface area contributed by atoms with E-state index >= 15 is 0 Å². The summed E-state index contributed by atoms with van der Waals surface area (Å²) in [7, 11) is 0. The molecule has 0 aliphatic carbocycles. The summed E-state index contributed by atoms with van der Waals surface area (Å²) in [5.74, 6) is 0.707. The van der Waals surface area contributed by atoms with Crippen LogP contribution in [0, 0.1) is 0 Å². The Kier molecular flexibility index (Phi) is 3.73. The Hall–Kier alpha value is -1.87. The van der Waals surface area contributed by atoms with Gasteiger partial charge >= 0.3 is 0 Å². The van der Waals surface area contributed by atoms with Crippen LogP contribution in [-0.2, 0) is 6.61 Å². The Morgan fingerprint density at radius 1 is 1.18 bits per heavy atom. The Balaban J connectivity index is 2.05. The summed E-state index contributed by atoms with van der Waals surface area (Å²) in [6.45, 7) is 1.95. The summed E-state index contributed by atoms with van der Waals surface area (Å²) >= 11 is 0. The van der Waals surface area contributed by atoms with E-state index in [4.69, 9.17) is 9.84 Å². The van der Waals surface area contributed by atoms with Crippen LogP contribution in [0.3, 0.4) is 0 Å². The van der Waals surface area contributed by atoms with Crippen LogP contribution in [0.15, 0.2) is 48.7 Å². The second-order valence-corrected chi connectivity index (χ2v) is 3.81. The number of nitrogens with zero attached hydrogens (tertiary/aromatic N) is 1. The summed E-state index contributed by atoms with van der Waals surface area (Å²) in [4.78, 5) is 4.07. The van der Waals surface area contributed by atoms with Crippen molar-refractivity contribution in [3.05, 3.63) is 59.9 Å². The van der Waals surface area contributed by atoms with Crippen LogP contribution < -0.4 is 4.74 Å². The molecule has 0 fully saturated rings. The first-order valence-electron chi connectivity index (χ1n) is 5.57. The molecule has 88 valence electrons. The number of benzene rings is 1. The van der Waals surface area contributed by atoms with Crippen LogP contribution >= 0.6 is 0 Å². The van der Waals surface area contributed by atoms with Crippen LogP contribution in [0.5, 0.6) is 5.75 Å². The van der Waals surface area contributed by atoms with E-state index in [1.807, 2.05) is 43.3 Å². The molecule has 3 heteroatoms. The molecule has 0 spiro atoms. The molecule has 1 atom stereocenters. The molecule has 0 aliphatic heterocycles. The van der Waals surface area contributed by atoms with Crippen molar-refractivity contribution in [2.75, 3.05) is 0 Å². The van der Waals surface area contributed by atoms with E-state index in [0.717, 1.165) is 5.56 Å². The molecule has 3 nitrogen and oxygen atoms in total. The molecular weight excluding hydrogens is 214 g/mol. The minimum absolute atomic E-state index is 0.0158. The molecular formula is C14H15NO2. The van der Waals surface area contributed by atoms with Gasteiger partial charge in [0, 0.05) is 0 Å². The average molecular weight is 229 g/mol. The maximum absolute atomic E-state index is 8.89. The highest BCUT2D eigenvalue weighted by atomic mass is 16.5. The normalized spacial score (nSPS) is 12.1. The van der Waals surface area contributed by atoms with Crippen LogP contribution in [0.1, 0.15) is 24.3 Å². The second-order valence-electron chi connectivity index (χ2n) is 3.81. The third kappa shape index (κ3) is 3.04. The van der Waals surface area contributed by atoms with Crippen molar-refractivity contribution < 1.29 is 9.84 Å². The second kappa shape index (κ2) is 5.46. The number of ether oxygens (including phenoxy) is 1. The van der Waals surface area contributed by atoms with Gasteiger partial charge < -0.3 is 9.84 Å².